The van der Waals surface area contributed by atoms with E-state index in [1.54, 1.807) is 23.1 Å². The molecule has 0 radical (unpaired) electrons. The van der Waals surface area contributed by atoms with E-state index >= 15 is 0 Å². The second-order valence-electron chi connectivity index (χ2n) is 9.37. The summed E-state index contributed by atoms with van der Waals surface area (Å²) < 4.78 is 20.1. The first-order valence-corrected chi connectivity index (χ1v) is 12.0. The summed E-state index contributed by atoms with van der Waals surface area (Å²) in [4.78, 5) is 29.8. The average molecular weight is 453 g/mol. The summed E-state index contributed by atoms with van der Waals surface area (Å²) in [6.07, 6.45) is 5.22. The lowest BCUT2D eigenvalue weighted by Crippen LogP contribution is -2.48. The Hall–Kier alpha value is -2.89. The molecule has 0 unspecified atom stereocenters. The zero-order chi connectivity index (χ0) is 23.1. The Morgan fingerprint density at radius 1 is 0.818 bits per heavy atom. The van der Waals surface area contributed by atoms with E-state index in [2.05, 4.69) is 0 Å². The number of likely N-dealkylation sites (tertiary alicyclic amines) is 2. The summed E-state index contributed by atoms with van der Waals surface area (Å²) in [5.74, 6) is 0.568. The lowest BCUT2D eigenvalue weighted by atomic mass is 9.75. The molecule has 0 spiro atoms. The van der Waals surface area contributed by atoms with Crippen LogP contribution in [-0.2, 0) is 16.0 Å². The van der Waals surface area contributed by atoms with E-state index in [0.717, 1.165) is 31.7 Å². The third-order valence-corrected chi connectivity index (χ3v) is 7.00. The molecule has 0 saturated carbocycles. The number of benzene rings is 2. The number of hydrogen-bond acceptors (Lipinski definition) is 3. The molecule has 176 valence electrons. The molecular weight excluding hydrogens is 419 g/mol. The maximum atomic E-state index is 14.0. The van der Waals surface area contributed by atoms with Crippen molar-refractivity contribution in [2.45, 2.75) is 44.9 Å². The Kier molecular flexibility index (Phi) is 7.63. The van der Waals surface area contributed by atoms with E-state index in [1.807, 2.05) is 35.2 Å². The summed E-state index contributed by atoms with van der Waals surface area (Å²) >= 11 is 0. The van der Waals surface area contributed by atoms with Gasteiger partial charge in [-0.2, -0.15) is 0 Å². The van der Waals surface area contributed by atoms with Crippen LogP contribution in [0, 0.1) is 11.2 Å². The Balaban J connectivity index is 1.41. The van der Waals surface area contributed by atoms with Gasteiger partial charge >= 0.3 is 0 Å². The molecule has 6 heteroatoms. The van der Waals surface area contributed by atoms with Crippen LogP contribution in [-0.4, -0.2) is 54.4 Å². The van der Waals surface area contributed by atoms with Crippen molar-refractivity contribution < 1.29 is 18.7 Å². The van der Waals surface area contributed by atoms with E-state index < -0.39 is 0 Å². The first-order valence-electron chi connectivity index (χ1n) is 12.0. The summed E-state index contributed by atoms with van der Waals surface area (Å²) in [5.41, 5.74) is 0.117. The molecule has 4 rings (SSSR count). The Bertz CT molecular complexity index is 935. The van der Waals surface area contributed by atoms with Crippen molar-refractivity contribution >= 4 is 11.8 Å². The van der Waals surface area contributed by atoms with Gasteiger partial charge in [0.2, 0.25) is 11.8 Å². The van der Waals surface area contributed by atoms with Gasteiger partial charge < -0.3 is 14.5 Å². The van der Waals surface area contributed by atoms with Crippen LogP contribution in [0.3, 0.4) is 0 Å². The molecule has 2 aliphatic rings. The van der Waals surface area contributed by atoms with E-state index in [0.29, 0.717) is 44.5 Å². The fraction of sp³-hybridized carbons (Fsp3) is 0.481. The van der Waals surface area contributed by atoms with Crippen molar-refractivity contribution in [3.63, 3.8) is 0 Å². The van der Waals surface area contributed by atoms with Crippen LogP contribution in [0.15, 0.2) is 54.6 Å². The second-order valence-corrected chi connectivity index (χ2v) is 9.37. The molecule has 2 saturated heterocycles. The Morgan fingerprint density at radius 3 is 2.15 bits per heavy atom. The Morgan fingerprint density at radius 2 is 1.45 bits per heavy atom. The van der Waals surface area contributed by atoms with E-state index in [-0.39, 0.29) is 29.5 Å². The molecule has 33 heavy (non-hydrogen) atoms. The maximum absolute atomic E-state index is 14.0. The van der Waals surface area contributed by atoms with Crippen LogP contribution >= 0.6 is 0 Å². The van der Waals surface area contributed by atoms with Crippen LogP contribution < -0.4 is 4.74 Å². The van der Waals surface area contributed by atoms with Gasteiger partial charge in [-0.1, -0.05) is 36.4 Å². The number of piperidine rings is 2. The zero-order valence-corrected chi connectivity index (χ0v) is 19.2. The van der Waals surface area contributed by atoms with Gasteiger partial charge in [0.05, 0.1) is 13.0 Å². The predicted molar refractivity (Wildman–Crippen MR) is 125 cm³/mol. The lowest BCUT2D eigenvalue weighted by Gasteiger charge is -2.42. The third-order valence-electron chi connectivity index (χ3n) is 7.00. The number of halogens is 1. The number of para-hydroxylation sites is 1. The summed E-state index contributed by atoms with van der Waals surface area (Å²) in [6.45, 7) is 3.23. The van der Waals surface area contributed by atoms with Gasteiger partial charge in [0.1, 0.15) is 11.6 Å². The predicted octanol–water partition coefficient (Wildman–Crippen LogP) is 4.46. The number of rotatable bonds is 7. The van der Waals surface area contributed by atoms with Crippen LogP contribution in [0.5, 0.6) is 5.75 Å². The molecule has 2 aliphatic heterocycles. The van der Waals surface area contributed by atoms with Gasteiger partial charge in [0, 0.05) is 38.0 Å². The average Bonchev–Trinajstić information content (AvgIpc) is 2.86. The fourth-order valence-electron chi connectivity index (χ4n) is 4.85. The van der Waals surface area contributed by atoms with Crippen LogP contribution in [0.2, 0.25) is 0 Å². The topological polar surface area (TPSA) is 49.9 Å². The van der Waals surface area contributed by atoms with Gasteiger partial charge in [-0.15, -0.1) is 0 Å². The molecule has 0 aliphatic carbocycles. The van der Waals surface area contributed by atoms with Crippen molar-refractivity contribution in [1.82, 2.24) is 9.80 Å². The molecule has 2 heterocycles. The first kappa shape index (κ1) is 23.3. The van der Waals surface area contributed by atoms with Crippen molar-refractivity contribution in [2.24, 2.45) is 5.41 Å². The second kappa shape index (κ2) is 10.8. The summed E-state index contributed by atoms with van der Waals surface area (Å²) in [7, 11) is 0. The standard InChI is InChI=1S/C27H33FN2O3/c28-24-12-6-5-9-22(24)19-25(31)30-17-13-27(14-18-30,21-33-23-10-3-1-4-11-23)20-26(32)29-15-7-2-8-16-29/h1,3-6,9-12H,2,7-8,13-21H2. The monoisotopic (exact) mass is 452 g/mol. The number of ether oxygens (including phenoxy) is 1. The normalized spacial score (nSPS) is 18.1. The molecule has 2 aromatic rings. The highest BCUT2D eigenvalue weighted by Crippen LogP contribution is 2.37. The fourth-order valence-corrected chi connectivity index (χ4v) is 4.85. The number of carbonyl (C=O) groups excluding carboxylic acids is 2. The van der Waals surface area contributed by atoms with E-state index in [4.69, 9.17) is 4.74 Å². The quantitative estimate of drug-likeness (QED) is 0.623. The lowest BCUT2D eigenvalue weighted by molar-refractivity contribution is -0.138. The van der Waals surface area contributed by atoms with Gasteiger partial charge in [-0.3, -0.25) is 9.59 Å². The highest BCUT2D eigenvalue weighted by molar-refractivity contribution is 5.79. The van der Waals surface area contributed by atoms with Gasteiger partial charge in [0.25, 0.3) is 0 Å². The molecule has 0 bridgehead atoms. The van der Waals surface area contributed by atoms with Crippen LogP contribution in [0.25, 0.3) is 0 Å². The minimum atomic E-state index is -0.347. The molecule has 2 amide bonds. The van der Waals surface area contributed by atoms with Gasteiger partial charge in [0.15, 0.2) is 0 Å². The molecule has 5 nitrogen and oxygen atoms in total. The smallest absolute Gasteiger partial charge is 0.227 e. The van der Waals surface area contributed by atoms with Crippen molar-refractivity contribution in [3.8, 4) is 5.75 Å². The number of nitrogens with zero attached hydrogens (tertiary/aromatic N) is 2. The summed E-state index contributed by atoms with van der Waals surface area (Å²) in [5, 5.41) is 0. The van der Waals surface area contributed by atoms with Crippen molar-refractivity contribution in [3.05, 3.63) is 66.0 Å². The SMILES string of the molecule is O=C(Cc1ccccc1F)N1CCC(COc2ccccc2)(CC(=O)N2CCCCC2)CC1. The zero-order valence-electron chi connectivity index (χ0n) is 19.2. The molecule has 2 fully saturated rings. The number of hydrogen-bond donors (Lipinski definition) is 0. The van der Waals surface area contributed by atoms with Gasteiger partial charge in [-0.25, -0.2) is 4.39 Å². The minimum Gasteiger partial charge on any atom is -0.493 e. The van der Waals surface area contributed by atoms with Gasteiger partial charge in [-0.05, 0) is 55.9 Å². The molecule has 0 N–H and O–H groups in total. The third kappa shape index (κ3) is 6.12. The highest BCUT2D eigenvalue weighted by atomic mass is 19.1. The molecule has 2 aromatic carbocycles. The molecule has 0 atom stereocenters. The minimum absolute atomic E-state index is 0.0624. The number of amides is 2. The number of carbonyl (C=O) groups is 2. The van der Waals surface area contributed by atoms with Crippen LogP contribution in [0.1, 0.15) is 44.1 Å². The molecule has 0 aromatic heterocycles. The van der Waals surface area contributed by atoms with Crippen LogP contribution in [0.4, 0.5) is 4.39 Å². The van der Waals surface area contributed by atoms with E-state index in [1.165, 1.54) is 12.5 Å². The highest BCUT2D eigenvalue weighted by Gasteiger charge is 2.39. The largest absolute Gasteiger partial charge is 0.493 e. The maximum Gasteiger partial charge on any atom is 0.227 e. The first-order chi connectivity index (χ1) is 16.0. The Labute approximate surface area is 195 Å². The summed E-state index contributed by atoms with van der Waals surface area (Å²) in [6, 6.07) is 16.1. The molecular formula is C27H33FN2O3. The van der Waals surface area contributed by atoms with Crippen molar-refractivity contribution in [2.75, 3.05) is 32.8 Å². The van der Waals surface area contributed by atoms with Crippen molar-refractivity contribution in [1.29, 1.82) is 0 Å². The van der Waals surface area contributed by atoms with E-state index in [9.17, 15) is 14.0 Å².